The van der Waals surface area contributed by atoms with Gasteiger partial charge in [0.1, 0.15) is 6.10 Å². The lowest BCUT2D eigenvalue weighted by Gasteiger charge is -2.38. The lowest BCUT2D eigenvalue weighted by Crippen LogP contribution is -2.49. The Kier molecular flexibility index (Phi) is 5.06. The van der Waals surface area contributed by atoms with Gasteiger partial charge in [-0.25, -0.2) is 9.78 Å². The molecule has 4 heterocycles. The van der Waals surface area contributed by atoms with E-state index >= 15 is 0 Å². The van der Waals surface area contributed by atoms with E-state index in [9.17, 15) is 4.79 Å². The topological polar surface area (TPSA) is 60.9 Å². The maximum atomic E-state index is 12.6. The minimum atomic E-state index is -0.143. The molecule has 6 heteroatoms. The maximum absolute atomic E-state index is 12.6. The molecule has 25 heavy (non-hydrogen) atoms. The van der Waals surface area contributed by atoms with Gasteiger partial charge in [0.2, 0.25) is 5.88 Å². The van der Waals surface area contributed by atoms with Crippen molar-refractivity contribution in [1.29, 1.82) is 0 Å². The van der Waals surface area contributed by atoms with Gasteiger partial charge in [-0.2, -0.15) is 0 Å². The highest BCUT2D eigenvalue weighted by atomic mass is 16.6. The van der Waals surface area contributed by atoms with E-state index in [-0.39, 0.29) is 24.3 Å². The summed E-state index contributed by atoms with van der Waals surface area (Å²) in [5, 5.41) is 0. The van der Waals surface area contributed by atoms with Crippen molar-refractivity contribution in [3.8, 4) is 5.88 Å². The average molecular weight is 346 g/mol. The van der Waals surface area contributed by atoms with E-state index in [2.05, 4.69) is 4.98 Å². The van der Waals surface area contributed by atoms with E-state index in [4.69, 9.17) is 14.2 Å². The molecule has 0 spiro atoms. The number of carbonyl (C=O) groups excluding carboxylic acids is 1. The molecule has 3 fully saturated rings. The first-order valence-corrected chi connectivity index (χ1v) is 9.40. The third-order valence-electron chi connectivity index (χ3n) is 5.61. The molecular formula is C19H26N2O4. The van der Waals surface area contributed by atoms with Crippen molar-refractivity contribution in [1.82, 2.24) is 9.88 Å². The van der Waals surface area contributed by atoms with Crippen LogP contribution in [-0.4, -0.2) is 54.0 Å². The summed E-state index contributed by atoms with van der Waals surface area (Å²) >= 11 is 0. The largest absolute Gasteiger partial charge is 0.474 e. The average Bonchev–Trinajstić information content (AvgIpc) is 2.92. The van der Waals surface area contributed by atoms with Crippen LogP contribution in [0.5, 0.6) is 5.88 Å². The summed E-state index contributed by atoms with van der Waals surface area (Å²) in [6.45, 7) is 2.08. The highest BCUT2D eigenvalue weighted by molar-refractivity contribution is 5.69. The number of nitrogens with zero attached hydrogens (tertiary/aromatic N) is 2. The van der Waals surface area contributed by atoms with Gasteiger partial charge >= 0.3 is 6.09 Å². The van der Waals surface area contributed by atoms with Gasteiger partial charge in [-0.1, -0.05) is 6.07 Å². The van der Waals surface area contributed by atoms with Crippen LogP contribution in [0.4, 0.5) is 4.79 Å². The Balaban J connectivity index is 1.30. The molecule has 2 atom stereocenters. The molecule has 3 aliphatic rings. The SMILES string of the molecule is O=C(OCC1CCOCC1)N1C2CCC1CC(Oc1ccccn1)C2. The molecule has 0 aromatic carbocycles. The molecule has 0 aliphatic carbocycles. The van der Waals surface area contributed by atoms with Gasteiger partial charge in [0.05, 0.1) is 6.61 Å². The highest BCUT2D eigenvalue weighted by Gasteiger charge is 2.45. The maximum Gasteiger partial charge on any atom is 0.410 e. The molecule has 0 saturated carbocycles. The zero-order valence-electron chi connectivity index (χ0n) is 14.5. The zero-order valence-corrected chi connectivity index (χ0v) is 14.5. The van der Waals surface area contributed by atoms with Gasteiger partial charge in [0, 0.05) is 50.4 Å². The quantitative estimate of drug-likeness (QED) is 0.839. The van der Waals surface area contributed by atoms with Crippen LogP contribution in [-0.2, 0) is 9.47 Å². The lowest BCUT2D eigenvalue weighted by atomic mass is 10.00. The number of fused-ring (bicyclic) bond motifs is 2. The second-order valence-electron chi connectivity index (χ2n) is 7.30. The molecule has 3 aliphatic heterocycles. The number of aromatic nitrogens is 1. The van der Waals surface area contributed by atoms with Crippen LogP contribution in [0, 0.1) is 5.92 Å². The van der Waals surface area contributed by atoms with Gasteiger partial charge in [-0.05, 0) is 37.7 Å². The Morgan fingerprint density at radius 3 is 2.60 bits per heavy atom. The predicted molar refractivity (Wildman–Crippen MR) is 91.4 cm³/mol. The van der Waals surface area contributed by atoms with E-state index < -0.39 is 0 Å². The lowest BCUT2D eigenvalue weighted by molar-refractivity contribution is 0.00836. The van der Waals surface area contributed by atoms with Crippen molar-refractivity contribution in [2.45, 2.75) is 56.7 Å². The Bertz CT molecular complexity index is 562. The number of pyridine rings is 1. The summed E-state index contributed by atoms with van der Waals surface area (Å²) in [5.74, 6) is 1.11. The minimum absolute atomic E-state index is 0.131. The van der Waals surface area contributed by atoms with Gasteiger partial charge in [-0.3, -0.25) is 0 Å². The van der Waals surface area contributed by atoms with Gasteiger partial charge in [0.25, 0.3) is 0 Å². The van der Waals surface area contributed by atoms with Crippen molar-refractivity contribution in [2.24, 2.45) is 5.92 Å². The van der Waals surface area contributed by atoms with Crippen molar-refractivity contribution >= 4 is 6.09 Å². The molecule has 1 aromatic heterocycles. The van der Waals surface area contributed by atoms with Crippen LogP contribution < -0.4 is 4.74 Å². The molecule has 0 N–H and O–H groups in total. The number of hydrogen-bond donors (Lipinski definition) is 0. The third kappa shape index (κ3) is 3.89. The Morgan fingerprint density at radius 1 is 1.16 bits per heavy atom. The van der Waals surface area contributed by atoms with Crippen LogP contribution in [0.1, 0.15) is 38.5 Å². The Labute approximate surface area is 148 Å². The van der Waals surface area contributed by atoms with Crippen molar-refractivity contribution in [3.63, 3.8) is 0 Å². The monoisotopic (exact) mass is 346 g/mol. The molecule has 4 rings (SSSR count). The fraction of sp³-hybridized carbons (Fsp3) is 0.684. The number of rotatable bonds is 4. The van der Waals surface area contributed by atoms with Gasteiger partial charge in [0.15, 0.2) is 0 Å². The normalized spacial score (nSPS) is 29.4. The van der Waals surface area contributed by atoms with Crippen molar-refractivity contribution < 1.29 is 19.0 Å². The predicted octanol–water partition coefficient (Wildman–Crippen LogP) is 3.02. The van der Waals surface area contributed by atoms with Gasteiger partial charge < -0.3 is 19.1 Å². The van der Waals surface area contributed by atoms with Crippen molar-refractivity contribution in [2.75, 3.05) is 19.8 Å². The summed E-state index contributed by atoms with van der Waals surface area (Å²) in [4.78, 5) is 18.8. The van der Waals surface area contributed by atoms with Crippen LogP contribution in [0.2, 0.25) is 0 Å². The molecule has 0 radical (unpaired) electrons. The van der Waals surface area contributed by atoms with Crippen LogP contribution in [0.25, 0.3) is 0 Å². The number of amides is 1. The van der Waals surface area contributed by atoms with Gasteiger partial charge in [-0.15, -0.1) is 0 Å². The first-order valence-electron chi connectivity index (χ1n) is 9.40. The molecule has 2 unspecified atom stereocenters. The van der Waals surface area contributed by atoms with E-state index in [0.717, 1.165) is 51.7 Å². The molecule has 6 nitrogen and oxygen atoms in total. The first-order chi connectivity index (χ1) is 12.3. The van der Waals surface area contributed by atoms with Crippen molar-refractivity contribution in [3.05, 3.63) is 24.4 Å². The summed E-state index contributed by atoms with van der Waals surface area (Å²) in [6.07, 6.45) is 7.51. The number of hydrogen-bond acceptors (Lipinski definition) is 5. The fourth-order valence-electron chi connectivity index (χ4n) is 4.29. The van der Waals surface area contributed by atoms with E-state index in [1.165, 1.54) is 0 Å². The molecule has 3 saturated heterocycles. The molecular weight excluding hydrogens is 320 g/mol. The molecule has 136 valence electrons. The van der Waals surface area contributed by atoms with E-state index in [0.29, 0.717) is 18.4 Å². The summed E-state index contributed by atoms with van der Waals surface area (Å²) in [6, 6.07) is 6.16. The highest BCUT2D eigenvalue weighted by Crippen LogP contribution is 2.37. The zero-order chi connectivity index (χ0) is 17.1. The second-order valence-corrected chi connectivity index (χ2v) is 7.30. The second kappa shape index (κ2) is 7.60. The first kappa shape index (κ1) is 16.6. The number of carbonyl (C=O) groups is 1. The van der Waals surface area contributed by atoms with Crippen LogP contribution >= 0.6 is 0 Å². The van der Waals surface area contributed by atoms with E-state index in [1.807, 2.05) is 23.1 Å². The number of piperidine rings is 1. The Hall–Kier alpha value is -1.82. The molecule has 1 amide bonds. The molecule has 1 aromatic rings. The van der Waals surface area contributed by atoms with Crippen LogP contribution in [0.15, 0.2) is 24.4 Å². The number of ether oxygens (including phenoxy) is 3. The standard InChI is InChI=1S/C19H26N2O4/c22-19(24-13-14-6-9-23-10-7-14)21-15-4-5-16(21)12-17(11-15)25-18-3-1-2-8-20-18/h1-3,8,14-17H,4-7,9-13H2. The summed E-state index contributed by atoms with van der Waals surface area (Å²) < 4.78 is 17.0. The van der Waals surface area contributed by atoms with E-state index in [1.54, 1.807) is 6.20 Å². The molecule has 2 bridgehead atoms. The van der Waals surface area contributed by atoms with Crippen LogP contribution in [0.3, 0.4) is 0 Å². The Morgan fingerprint density at radius 2 is 1.92 bits per heavy atom. The third-order valence-corrected chi connectivity index (χ3v) is 5.61. The fourth-order valence-corrected chi connectivity index (χ4v) is 4.29. The smallest absolute Gasteiger partial charge is 0.410 e. The summed E-state index contributed by atoms with van der Waals surface area (Å²) in [7, 11) is 0. The minimum Gasteiger partial charge on any atom is -0.474 e. The summed E-state index contributed by atoms with van der Waals surface area (Å²) in [5.41, 5.74) is 0.